The zero-order valence-corrected chi connectivity index (χ0v) is 22.2. The van der Waals surface area contributed by atoms with E-state index in [2.05, 4.69) is 10.6 Å². The van der Waals surface area contributed by atoms with E-state index >= 15 is 0 Å². The van der Waals surface area contributed by atoms with Gasteiger partial charge in [-0.1, -0.05) is 40.5 Å². The number of amides is 2. The van der Waals surface area contributed by atoms with Gasteiger partial charge in [-0.05, 0) is 74.2 Å². The normalized spacial score (nSPS) is 11.6. The van der Waals surface area contributed by atoms with E-state index < -0.39 is 10.0 Å². The maximum Gasteiger partial charge on any atom is 0.255 e. The van der Waals surface area contributed by atoms with Crippen LogP contribution in [0.3, 0.4) is 0 Å². The van der Waals surface area contributed by atoms with Crippen LogP contribution in [0.4, 0.5) is 11.4 Å². The monoisotopic (exact) mass is 501 g/mol. The molecule has 7 nitrogen and oxygen atoms in total. The minimum atomic E-state index is -3.58. The molecule has 0 fully saturated rings. The van der Waals surface area contributed by atoms with Gasteiger partial charge in [0.2, 0.25) is 15.9 Å². The minimum Gasteiger partial charge on any atom is -0.326 e. The van der Waals surface area contributed by atoms with Crippen LogP contribution in [0.1, 0.15) is 76.6 Å². The lowest BCUT2D eigenvalue weighted by molar-refractivity contribution is -0.120. The predicted octanol–water partition coefficient (Wildman–Crippen LogP) is 5.90. The number of nitrogens with zero attached hydrogens (tertiary/aromatic N) is 1. The number of sulfonamides is 1. The Bertz CT molecular complexity index is 1040. The van der Waals surface area contributed by atoms with Gasteiger partial charge in [-0.3, -0.25) is 9.59 Å². The highest BCUT2D eigenvalue weighted by Gasteiger charge is 2.23. The standard InChI is InChI=1S/C27H39N3O4S/c1-5-9-19-30(20-10-6-2)35(33,34)25-17-15-24(16-18-25)29-27(32)22-11-13-23(14-12-22)28-26(31)21(7-3)8-4/h11-18,21H,5-10,19-20H2,1-4H3,(H,28,31)(H,29,32). The van der Waals surface area contributed by atoms with Crippen LogP contribution in [0.25, 0.3) is 0 Å². The number of anilines is 2. The zero-order chi connectivity index (χ0) is 25.8. The maximum atomic E-state index is 13.1. The van der Waals surface area contributed by atoms with Crippen LogP contribution in [0.15, 0.2) is 53.4 Å². The summed E-state index contributed by atoms with van der Waals surface area (Å²) in [6.07, 6.45) is 5.04. The van der Waals surface area contributed by atoms with E-state index in [1.165, 1.54) is 12.1 Å². The molecule has 2 amide bonds. The maximum absolute atomic E-state index is 13.1. The van der Waals surface area contributed by atoms with Gasteiger partial charge in [0.15, 0.2) is 0 Å². The lowest BCUT2D eigenvalue weighted by Crippen LogP contribution is -2.33. The Labute approximate surface area is 210 Å². The largest absolute Gasteiger partial charge is 0.326 e. The van der Waals surface area contributed by atoms with Crippen molar-refractivity contribution in [1.82, 2.24) is 4.31 Å². The van der Waals surface area contributed by atoms with Crippen molar-refractivity contribution in [2.75, 3.05) is 23.7 Å². The molecule has 0 aromatic heterocycles. The van der Waals surface area contributed by atoms with Crippen molar-refractivity contribution in [2.24, 2.45) is 5.92 Å². The highest BCUT2D eigenvalue weighted by molar-refractivity contribution is 7.89. The zero-order valence-electron chi connectivity index (χ0n) is 21.3. The molecular formula is C27H39N3O4S. The molecule has 0 heterocycles. The van der Waals surface area contributed by atoms with Gasteiger partial charge in [0, 0.05) is 35.9 Å². The third kappa shape index (κ3) is 8.18. The third-order valence-electron chi connectivity index (χ3n) is 6.04. The first-order valence-electron chi connectivity index (χ1n) is 12.6. The fraction of sp³-hybridized carbons (Fsp3) is 0.481. The molecular weight excluding hydrogens is 462 g/mol. The number of hydrogen-bond acceptors (Lipinski definition) is 4. The Kier molecular flexibility index (Phi) is 11.4. The summed E-state index contributed by atoms with van der Waals surface area (Å²) in [6, 6.07) is 13.0. The van der Waals surface area contributed by atoms with Gasteiger partial charge in [-0.15, -0.1) is 0 Å². The van der Waals surface area contributed by atoms with Crippen molar-refractivity contribution >= 4 is 33.2 Å². The Morgan fingerprint density at radius 1 is 0.771 bits per heavy atom. The van der Waals surface area contributed by atoms with Gasteiger partial charge in [0.05, 0.1) is 4.90 Å². The summed E-state index contributed by atoms with van der Waals surface area (Å²) >= 11 is 0. The van der Waals surface area contributed by atoms with Crippen LogP contribution in [0.2, 0.25) is 0 Å². The molecule has 0 saturated heterocycles. The highest BCUT2D eigenvalue weighted by atomic mass is 32.2. The molecule has 0 bridgehead atoms. The molecule has 192 valence electrons. The van der Waals surface area contributed by atoms with Crippen LogP contribution in [-0.4, -0.2) is 37.6 Å². The molecule has 2 rings (SSSR count). The Balaban J connectivity index is 2.05. The smallest absolute Gasteiger partial charge is 0.255 e. The first kappa shape index (κ1) is 28.5. The molecule has 0 unspecified atom stereocenters. The van der Waals surface area contributed by atoms with Crippen LogP contribution in [0, 0.1) is 5.92 Å². The fourth-order valence-corrected chi connectivity index (χ4v) is 5.21. The lowest BCUT2D eigenvalue weighted by Gasteiger charge is -2.22. The third-order valence-corrected chi connectivity index (χ3v) is 7.96. The van der Waals surface area contributed by atoms with Gasteiger partial charge in [-0.25, -0.2) is 8.42 Å². The molecule has 8 heteroatoms. The van der Waals surface area contributed by atoms with E-state index in [4.69, 9.17) is 0 Å². The fourth-order valence-electron chi connectivity index (χ4n) is 3.69. The predicted molar refractivity (Wildman–Crippen MR) is 142 cm³/mol. The first-order valence-corrected chi connectivity index (χ1v) is 14.0. The number of carbonyl (C=O) groups excluding carboxylic acids is 2. The summed E-state index contributed by atoms with van der Waals surface area (Å²) in [6.45, 7) is 9.06. The van der Waals surface area contributed by atoms with E-state index in [9.17, 15) is 18.0 Å². The molecule has 0 aliphatic heterocycles. The van der Waals surface area contributed by atoms with Crippen molar-refractivity contribution in [3.63, 3.8) is 0 Å². The average molecular weight is 502 g/mol. The Hall–Kier alpha value is -2.71. The van der Waals surface area contributed by atoms with Gasteiger partial charge in [0.25, 0.3) is 5.91 Å². The quantitative estimate of drug-likeness (QED) is 0.337. The van der Waals surface area contributed by atoms with E-state index in [-0.39, 0.29) is 22.6 Å². The van der Waals surface area contributed by atoms with Crippen molar-refractivity contribution in [2.45, 2.75) is 71.1 Å². The summed E-state index contributed by atoms with van der Waals surface area (Å²) in [5, 5.41) is 5.68. The van der Waals surface area contributed by atoms with Crippen LogP contribution in [0.5, 0.6) is 0 Å². The topological polar surface area (TPSA) is 95.6 Å². The number of nitrogens with one attached hydrogen (secondary N) is 2. The molecule has 0 aliphatic rings. The second-order valence-electron chi connectivity index (χ2n) is 8.67. The SMILES string of the molecule is CCCCN(CCCC)S(=O)(=O)c1ccc(NC(=O)c2ccc(NC(=O)C(CC)CC)cc2)cc1. The molecule has 0 spiro atoms. The average Bonchev–Trinajstić information content (AvgIpc) is 2.85. The van der Waals surface area contributed by atoms with E-state index in [0.29, 0.717) is 30.0 Å². The van der Waals surface area contributed by atoms with Crippen molar-refractivity contribution < 1.29 is 18.0 Å². The highest BCUT2D eigenvalue weighted by Crippen LogP contribution is 2.21. The minimum absolute atomic E-state index is 0.0230. The van der Waals surface area contributed by atoms with Crippen LogP contribution < -0.4 is 10.6 Å². The number of unbranched alkanes of at least 4 members (excludes halogenated alkanes) is 2. The van der Waals surface area contributed by atoms with Crippen molar-refractivity contribution in [3.8, 4) is 0 Å². The molecule has 2 N–H and O–H groups in total. The molecule has 0 atom stereocenters. The van der Waals surface area contributed by atoms with Crippen molar-refractivity contribution in [3.05, 3.63) is 54.1 Å². The number of benzene rings is 2. The summed E-state index contributed by atoms with van der Waals surface area (Å²) in [4.78, 5) is 25.1. The van der Waals surface area contributed by atoms with Gasteiger partial charge < -0.3 is 10.6 Å². The summed E-state index contributed by atoms with van der Waals surface area (Å²) in [5.74, 6) is -0.369. The molecule has 0 aliphatic carbocycles. The Morgan fingerprint density at radius 3 is 1.74 bits per heavy atom. The van der Waals surface area contributed by atoms with E-state index in [0.717, 1.165) is 38.5 Å². The second kappa shape index (κ2) is 14.0. The van der Waals surface area contributed by atoms with Gasteiger partial charge >= 0.3 is 0 Å². The van der Waals surface area contributed by atoms with Gasteiger partial charge in [-0.2, -0.15) is 4.31 Å². The molecule has 2 aromatic rings. The molecule has 0 radical (unpaired) electrons. The summed E-state index contributed by atoms with van der Waals surface area (Å²) < 4.78 is 27.7. The van der Waals surface area contributed by atoms with Gasteiger partial charge in [0.1, 0.15) is 0 Å². The van der Waals surface area contributed by atoms with Crippen LogP contribution in [-0.2, 0) is 14.8 Å². The number of hydrogen-bond donors (Lipinski definition) is 2. The Morgan fingerprint density at radius 2 is 1.26 bits per heavy atom. The lowest BCUT2D eigenvalue weighted by atomic mass is 10.0. The van der Waals surface area contributed by atoms with Crippen molar-refractivity contribution in [1.29, 1.82) is 0 Å². The first-order chi connectivity index (χ1) is 16.8. The molecule has 35 heavy (non-hydrogen) atoms. The molecule has 2 aromatic carbocycles. The second-order valence-corrected chi connectivity index (χ2v) is 10.6. The number of rotatable bonds is 14. The summed E-state index contributed by atoms with van der Waals surface area (Å²) in [5.41, 5.74) is 1.59. The van der Waals surface area contributed by atoms with E-state index in [1.54, 1.807) is 40.7 Å². The van der Waals surface area contributed by atoms with Crippen LogP contribution >= 0.6 is 0 Å². The summed E-state index contributed by atoms with van der Waals surface area (Å²) in [7, 11) is -3.58. The molecule has 0 saturated carbocycles. The number of carbonyl (C=O) groups is 2. The van der Waals surface area contributed by atoms with E-state index in [1.807, 2.05) is 27.7 Å².